The molecule has 154 valence electrons. The van der Waals surface area contributed by atoms with E-state index in [1.165, 1.54) is 6.92 Å². The molecule has 0 aromatic heterocycles. The van der Waals surface area contributed by atoms with Gasteiger partial charge in [-0.1, -0.05) is 42.5 Å². The van der Waals surface area contributed by atoms with Crippen molar-refractivity contribution in [2.24, 2.45) is 0 Å². The number of benzene rings is 2. The van der Waals surface area contributed by atoms with E-state index < -0.39 is 36.9 Å². The van der Waals surface area contributed by atoms with Crippen molar-refractivity contribution in [3.63, 3.8) is 0 Å². The van der Waals surface area contributed by atoms with Crippen LogP contribution in [0.3, 0.4) is 0 Å². The van der Waals surface area contributed by atoms with Gasteiger partial charge in [-0.05, 0) is 24.6 Å². The summed E-state index contributed by atoms with van der Waals surface area (Å²) in [6, 6.07) is 16.2. The molecule has 0 aliphatic carbocycles. The highest BCUT2D eigenvalue weighted by atomic mass is 16.7. The average Bonchev–Trinajstić information content (AvgIpc) is 2.71. The van der Waals surface area contributed by atoms with E-state index in [0.29, 0.717) is 5.75 Å². The normalized spacial score (nSPS) is 31.6. The van der Waals surface area contributed by atoms with Crippen LogP contribution < -0.4 is 10.1 Å². The molecule has 6 atom stereocenters. The summed E-state index contributed by atoms with van der Waals surface area (Å²) in [5, 5.41) is 13.8. The van der Waals surface area contributed by atoms with E-state index in [4.69, 9.17) is 18.9 Å². The topological polar surface area (TPSA) is 86.3 Å². The molecule has 2 aliphatic heterocycles. The van der Waals surface area contributed by atoms with Crippen LogP contribution in [0.2, 0.25) is 0 Å². The SMILES string of the molecule is CC(=O)N[C@H]1[C@H](Oc2cccc(C)c2)O[C@@H]2CO[C@H](c3ccccc3)O[C@H]2[C@@H]1O. The molecule has 7 nitrogen and oxygen atoms in total. The molecule has 2 aliphatic rings. The highest BCUT2D eigenvalue weighted by molar-refractivity contribution is 5.73. The molecule has 7 heteroatoms. The minimum atomic E-state index is -1.03. The van der Waals surface area contributed by atoms with Gasteiger partial charge in [-0.15, -0.1) is 0 Å². The lowest BCUT2D eigenvalue weighted by Gasteiger charge is -2.47. The summed E-state index contributed by atoms with van der Waals surface area (Å²) in [5.41, 5.74) is 1.88. The number of aryl methyl sites for hydroxylation is 1. The second-order valence-corrected chi connectivity index (χ2v) is 7.37. The summed E-state index contributed by atoms with van der Waals surface area (Å²) in [6.45, 7) is 3.58. The molecule has 1 amide bonds. The number of aliphatic hydroxyl groups excluding tert-OH is 1. The Balaban J connectivity index is 1.54. The summed E-state index contributed by atoms with van der Waals surface area (Å²) in [6.07, 6.45) is -3.70. The second kappa shape index (κ2) is 8.51. The number of amides is 1. The number of rotatable bonds is 4. The fraction of sp³-hybridized carbons (Fsp3) is 0.409. The Morgan fingerprint density at radius 1 is 1.14 bits per heavy atom. The first kappa shape index (κ1) is 19.8. The number of carbonyl (C=O) groups is 1. The minimum Gasteiger partial charge on any atom is -0.463 e. The summed E-state index contributed by atoms with van der Waals surface area (Å²) in [5.74, 6) is 0.302. The Kier molecular flexibility index (Phi) is 5.82. The number of ether oxygens (including phenoxy) is 4. The van der Waals surface area contributed by atoms with Crippen LogP contribution in [0.25, 0.3) is 0 Å². The zero-order valence-electron chi connectivity index (χ0n) is 16.4. The van der Waals surface area contributed by atoms with E-state index >= 15 is 0 Å². The summed E-state index contributed by atoms with van der Waals surface area (Å²) < 4.78 is 23.9. The quantitative estimate of drug-likeness (QED) is 0.819. The van der Waals surface area contributed by atoms with Gasteiger partial charge in [0.1, 0.15) is 30.1 Å². The monoisotopic (exact) mass is 399 g/mol. The fourth-order valence-electron chi connectivity index (χ4n) is 3.68. The predicted molar refractivity (Wildman–Crippen MR) is 104 cm³/mol. The molecule has 0 radical (unpaired) electrons. The lowest BCUT2D eigenvalue weighted by atomic mass is 9.95. The van der Waals surface area contributed by atoms with Crippen LogP contribution in [-0.2, 0) is 19.0 Å². The van der Waals surface area contributed by atoms with Crippen LogP contribution in [-0.4, -0.2) is 48.3 Å². The smallest absolute Gasteiger partial charge is 0.223 e. The number of carbonyl (C=O) groups excluding carboxylic acids is 1. The van der Waals surface area contributed by atoms with Gasteiger partial charge < -0.3 is 29.4 Å². The van der Waals surface area contributed by atoms with Crippen molar-refractivity contribution in [1.82, 2.24) is 5.32 Å². The van der Waals surface area contributed by atoms with Gasteiger partial charge in [-0.25, -0.2) is 0 Å². The van der Waals surface area contributed by atoms with E-state index in [0.717, 1.165) is 11.1 Å². The molecule has 2 heterocycles. The molecular weight excluding hydrogens is 374 g/mol. The van der Waals surface area contributed by atoms with Gasteiger partial charge in [0.2, 0.25) is 12.2 Å². The standard InChI is InChI=1S/C22H25NO6/c1-13-7-6-10-16(11-13)27-22-18(23-14(2)24)19(25)20-17(28-22)12-26-21(29-20)15-8-4-3-5-9-15/h3-11,17-22,25H,12H2,1-2H3,(H,23,24)/t17-,18-,19-,20-,21+,22-/m1/s1. The van der Waals surface area contributed by atoms with Crippen molar-refractivity contribution in [2.75, 3.05) is 6.61 Å². The fourth-order valence-corrected chi connectivity index (χ4v) is 3.68. The number of hydrogen-bond acceptors (Lipinski definition) is 6. The first-order chi connectivity index (χ1) is 14.0. The third kappa shape index (κ3) is 4.43. The van der Waals surface area contributed by atoms with Crippen molar-refractivity contribution in [3.05, 3.63) is 65.7 Å². The van der Waals surface area contributed by atoms with Crippen LogP contribution in [0.15, 0.2) is 54.6 Å². The molecule has 0 unspecified atom stereocenters. The summed E-state index contributed by atoms with van der Waals surface area (Å²) in [7, 11) is 0. The molecular formula is C22H25NO6. The van der Waals surface area contributed by atoms with Gasteiger partial charge in [-0.3, -0.25) is 4.79 Å². The Bertz CT molecular complexity index is 844. The van der Waals surface area contributed by atoms with Gasteiger partial charge in [0, 0.05) is 12.5 Å². The van der Waals surface area contributed by atoms with Crippen LogP contribution in [0, 0.1) is 6.92 Å². The molecule has 0 spiro atoms. The van der Waals surface area contributed by atoms with Gasteiger partial charge in [0.15, 0.2) is 6.29 Å². The maximum absolute atomic E-state index is 11.8. The summed E-state index contributed by atoms with van der Waals surface area (Å²) >= 11 is 0. The molecule has 29 heavy (non-hydrogen) atoms. The Morgan fingerprint density at radius 2 is 1.93 bits per heavy atom. The highest BCUT2D eigenvalue weighted by Crippen LogP contribution is 2.34. The molecule has 0 saturated carbocycles. The average molecular weight is 399 g/mol. The van der Waals surface area contributed by atoms with E-state index in [-0.39, 0.29) is 12.5 Å². The lowest BCUT2D eigenvalue weighted by Crippen LogP contribution is -2.67. The molecule has 4 rings (SSSR count). The molecule has 0 bridgehead atoms. The Hall–Kier alpha value is -2.45. The number of aliphatic hydroxyl groups is 1. The van der Waals surface area contributed by atoms with Crippen molar-refractivity contribution in [2.45, 2.75) is 50.8 Å². The largest absolute Gasteiger partial charge is 0.463 e. The van der Waals surface area contributed by atoms with Crippen molar-refractivity contribution in [3.8, 4) is 5.75 Å². The zero-order valence-corrected chi connectivity index (χ0v) is 16.4. The number of hydrogen-bond donors (Lipinski definition) is 2. The van der Waals surface area contributed by atoms with Crippen molar-refractivity contribution < 1.29 is 28.8 Å². The van der Waals surface area contributed by atoms with Gasteiger partial charge >= 0.3 is 0 Å². The molecule has 2 fully saturated rings. The minimum absolute atomic E-state index is 0.238. The van der Waals surface area contributed by atoms with Gasteiger partial charge in [0.25, 0.3) is 0 Å². The number of nitrogens with one attached hydrogen (secondary N) is 1. The first-order valence-corrected chi connectivity index (χ1v) is 9.67. The van der Waals surface area contributed by atoms with Gasteiger partial charge in [0.05, 0.1) is 6.61 Å². The molecule has 2 aromatic rings. The van der Waals surface area contributed by atoms with E-state index in [9.17, 15) is 9.90 Å². The van der Waals surface area contributed by atoms with Crippen LogP contribution in [0.1, 0.15) is 24.3 Å². The zero-order chi connectivity index (χ0) is 20.4. The van der Waals surface area contributed by atoms with Crippen LogP contribution >= 0.6 is 0 Å². The third-order valence-corrected chi connectivity index (χ3v) is 5.05. The predicted octanol–water partition coefficient (Wildman–Crippen LogP) is 2.08. The maximum atomic E-state index is 11.8. The Morgan fingerprint density at radius 3 is 2.66 bits per heavy atom. The Labute approximate surface area is 169 Å². The van der Waals surface area contributed by atoms with Crippen molar-refractivity contribution in [1.29, 1.82) is 0 Å². The van der Waals surface area contributed by atoms with Gasteiger partial charge in [-0.2, -0.15) is 0 Å². The van der Waals surface area contributed by atoms with E-state index in [2.05, 4.69) is 5.32 Å². The molecule has 2 saturated heterocycles. The summed E-state index contributed by atoms with van der Waals surface area (Å²) in [4.78, 5) is 11.8. The maximum Gasteiger partial charge on any atom is 0.223 e. The third-order valence-electron chi connectivity index (χ3n) is 5.05. The molecule has 2 aromatic carbocycles. The van der Waals surface area contributed by atoms with E-state index in [1.54, 1.807) is 6.07 Å². The van der Waals surface area contributed by atoms with Crippen LogP contribution in [0.4, 0.5) is 0 Å². The van der Waals surface area contributed by atoms with E-state index in [1.807, 2.05) is 55.5 Å². The van der Waals surface area contributed by atoms with Crippen molar-refractivity contribution >= 4 is 5.91 Å². The second-order valence-electron chi connectivity index (χ2n) is 7.37. The number of fused-ring (bicyclic) bond motifs is 1. The molecule has 2 N–H and O–H groups in total. The lowest BCUT2D eigenvalue weighted by molar-refractivity contribution is -0.333. The highest BCUT2D eigenvalue weighted by Gasteiger charge is 2.50. The van der Waals surface area contributed by atoms with Crippen LogP contribution in [0.5, 0.6) is 5.75 Å². The first-order valence-electron chi connectivity index (χ1n) is 9.67.